The summed E-state index contributed by atoms with van der Waals surface area (Å²) in [5.41, 5.74) is 0.965. The third kappa shape index (κ3) is 7.47. The van der Waals surface area contributed by atoms with Crippen LogP contribution in [0.5, 0.6) is 0 Å². The van der Waals surface area contributed by atoms with E-state index in [4.69, 9.17) is 18.0 Å². The first-order valence-corrected chi connectivity index (χ1v) is 12.3. The third-order valence-electron chi connectivity index (χ3n) is 3.51. The minimum atomic E-state index is -3.54. The van der Waals surface area contributed by atoms with Gasteiger partial charge in [0.05, 0.1) is 23.7 Å². The van der Waals surface area contributed by atoms with Crippen LogP contribution in [0.15, 0.2) is 57.0 Å². The maximum atomic E-state index is 12.6. The number of aromatic nitrogens is 1. The Kier molecular flexibility index (Phi) is 9.32. The smallest absolute Gasteiger partial charge is 0.185 e. The van der Waals surface area contributed by atoms with E-state index in [1.165, 1.54) is 12.1 Å². The van der Waals surface area contributed by atoms with Crippen molar-refractivity contribution >= 4 is 55.0 Å². The van der Waals surface area contributed by atoms with E-state index in [-0.39, 0.29) is 17.2 Å². The quantitative estimate of drug-likeness (QED) is 0.245. The zero-order chi connectivity index (χ0) is 20.4. The largest absolute Gasteiger partial charge is 0.362 e. The van der Waals surface area contributed by atoms with Gasteiger partial charge in [0.2, 0.25) is 0 Å². The summed E-state index contributed by atoms with van der Waals surface area (Å²) in [7, 11) is -3.54. The molecule has 1 aromatic heterocycles. The highest BCUT2D eigenvalue weighted by molar-refractivity contribution is 9.10. The van der Waals surface area contributed by atoms with Gasteiger partial charge in [-0.05, 0) is 52.3 Å². The molecule has 5 nitrogen and oxygen atoms in total. The monoisotopic (exact) mass is 499 g/mol. The van der Waals surface area contributed by atoms with Crippen LogP contribution in [0.1, 0.15) is 5.69 Å². The van der Waals surface area contributed by atoms with Gasteiger partial charge in [-0.2, -0.15) is 11.8 Å². The molecule has 148 valence electrons. The maximum Gasteiger partial charge on any atom is 0.185 e. The molecule has 0 bridgehead atoms. The zero-order valence-corrected chi connectivity index (χ0v) is 18.9. The second-order valence-electron chi connectivity index (χ2n) is 5.58. The van der Waals surface area contributed by atoms with Gasteiger partial charge in [-0.25, -0.2) is 8.42 Å². The van der Waals surface area contributed by atoms with Gasteiger partial charge in [0.15, 0.2) is 9.84 Å². The van der Waals surface area contributed by atoms with Crippen molar-refractivity contribution in [2.45, 2.75) is 10.6 Å². The van der Waals surface area contributed by atoms with Gasteiger partial charge in [-0.1, -0.05) is 17.5 Å². The summed E-state index contributed by atoms with van der Waals surface area (Å²) in [6.45, 7) is 0.682. The summed E-state index contributed by atoms with van der Waals surface area (Å²) in [6, 6.07) is 9.88. The molecule has 28 heavy (non-hydrogen) atoms. The fraction of sp³-hybridized carbons (Fsp3) is 0.263. The van der Waals surface area contributed by atoms with Gasteiger partial charge in [0.1, 0.15) is 11.6 Å². The molecular weight excluding hydrogens is 482 g/mol. The molecular formula is C19H19BrClN3O2S2. The van der Waals surface area contributed by atoms with Gasteiger partial charge in [0.25, 0.3) is 0 Å². The molecule has 0 radical (unpaired) electrons. The lowest BCUT2D eigenvalue weighted by atomic mass is 10.4. The van der Waals surface area contributed by atoms with Crippen molar-refractivity contribution in [3.63, 3.8) is 0 Å². The topological polar surface area (TPSA) is 71.4 Å². The van der Waals surface area contributed by atoms with E-state index in [2.05, 4.69) is 37.1 Å². The van der Waals surface area contributed by atoms with Crippen molar-refractivity contribution in [2.24, 2.45) is 4.99 Å². The Hall–Kier alpha value is -1.53. The van der Waals surface area contributed by atoms with E-state index in [0.29, 0.717) is 17.4 Å². The molecule has 0 atom stereocenters. The third-order valence-corrected chi connectivity index (χ3v) is 7.07. The number of amidine groups is 1. The highest BCUT2D eigenvalue weighted by Gasteiger charge is 2.17. The molecule has 9 heteroatoms. The van der Waals surface area contributed by atoms with Crippen LogP contribution in [0.4, 0.5) is 0 Å². The number of thioether (sulfide) groups is 1. The zero-order valence-electron chi connectivity index (χ0n) is 14.9. The Morgan fingerprint density at radius 1 is 1.32 bits per heavy atom. The number of nitrogens with one attached hydrogen (secondary N) is 1. The Balaban J connectivity index is 1.95. The Bertz CT molecular complexity index is 958. The van der Waals surface area contributed by atoms with Crippen molar-refractivity contribution in [3.05, 3.63) is 57.8 Å². The lowest BCUT2D eigenvalue weighted by Crippen LogP contribution is -2.31. The van der Waals surface area contributed by atoms with Gasteiger partial charge >= 0.3 is 0 Å². The summed E-state index contributed by atoms with van der Waals surface area (Å²) in [4.78, 5) is 8.90. The van der Waals surface area contributed by atoms with Crippen molar-refractivity contribution < 1.29 is 8.42 Å². The molecule has 1 aromatic carbocycles. The van der Waals surface area contributed by atoms with Crippen LogP contribution >= 0.6 is 39.3 Å². The van der Waals surface area contributed by atoms with E-state index in [0.717, 1.165) is 21.7 Å². The molecule has 0 aliphatic rings. The molecule has 1 N–H and O–H groups in total. The van der Waals surface area contributed by atoms with Gasteiger partial charge in [0, 0.05) is 27.2 Å². The summed E-state index contributed by atoms with van der Waals surface area (Å²) < 4.78 is 26.2. The fourth-order valence-electron chi connectivity index (χ4n) is 2.15. The number of aliphatic imine (C=N–C) groups is 1. The summed E-state index contributed by atoms with van der Waals surface area (Å²) in [6.07, 6.45) is 7.03. The van der Waals surface area contributed by atoms with Crippen LogP contribution in [-0.4, -0.2) is 43.8 Å². The number of halogens is 2. The van der Waals surface area contributed by atoms with Crippen LogP contribution in [0.2, 0.25) is 5.02 Å². The number of hydrogen-bond acceptors (Lipinski definition) is 5. The molecule has 2 aromatic rings. The minimum absolute atomic E-state index is 0.196. The normalized spacial score (nSPS) is 11.8. The van der Waals surface area contributed by atoms with Crippen molar-refractivity contribution in [2.75, 3.05) is 24.6 Å². The lowest BCUT2D eigenvalue weighted by molar-refractivity contribution is 0.599. The van der Waals surface area contributed by atoms with Crippen LogP contribution < -0.4 is 5.32 Å². The predicted octanol–water partition coefficient (Wildman–Crippen LogP) is 3.83. The average Bonchev–Trinajstić information content (AvgIpc) is 2.67. The predicted molar refractivity (Wildman–Crippen MR) is 121 cm³/mol. The second kappa shape index (κ2) is 11.5. The summed E-state index contributed by atoms with van der Waals surface area (Å²) >= 11 is 11.0. The summed E-state index contributed by atoms with van der Waals surface area (Å²) in [5.74, 6) is 4.02. The Morgan fingerprint density at radius 2 is 2.07 bits per heavy atom. The van der Waals surface area contributed by atoms with Crippen LogP contribution in [0.3, 0.4) is 0 Å². The number of sulfone groups is 1. The van der Waals surface area contributed by atoms with Crippen LogP contribution in [0.25, 0.3) is 0 Å². The number of hydrogen-bond donors (Lipinski definition) is 1. The van der Waals surface area contributed by atoms with E-state index >= 15 is 0 Å². The van der Waals surface area contributed by atoms with Crippen molar-refractivity contribution in [3.8, 4) is 12.3 Å². The first kappa shape index (κ1) is 22.8. The highest BCUT2D eigenvalue weighted by Crippen LogP contribution is 2.19. The van der Waals surface area contributed by atoms with E-state index in [9.17, 15) is 8.42 Å². The van der Waals surface area contributed by atoms with Crippen LogP contribution in [0, 0.1) is 12.3 Å². The van der Waals surface area contributed by atoms with Gasteiger partial charge in [-0.3, -0.25) is 9.98 Å². The molecule has 0 fully saturated rings. The number of rotatable bonds is 9. The molecule has 0 amide bonds. The molecule has 0 spiro atoms. The minimum Gasteiger partial charge on any atom is -0.362 e. The van der Waals surface area contributed by atoms with Crippen molar-refractivity contribution in [1.29, 1.82) is 0 Å². The first-order valence-electron chi connectivity index (χ1n) is 8.28. The Morgan fingerprint density at radius 3 is 2.75 bits per heavy atom. The lowest BCUT2D eigenvalue weighted by Gasteiger charge is -2.09. The highest BCUT2D eigenvalue weighted by atomic mass is 79.9. The molecule has 0 unspecified atom stereocenters. The standard InChI is InChI=1S/C19H19BrClN3O2S2/c1-2-9-23-19(14-28(25,26)16-7-5-15(21)6-8-16)24-11-12-27-13-18-17(20)4-3-10-22-18/h1,3-8,10H,9,11-14H2,(H,23,24). The Labute approximate surface area is 183 Å². The van der Waals surface area contributed by atoms with E-state index in [1.807, 2.05) is 12.1 Å². The second-order valence-corrected chi connectivity index (χ2v) is 9.97. The SMILES string of the molecule is C#CCNC(CS(=O)(=O)c1ccc(Cl)cc1)=NCCSCc1ncccc1Br. The first-order chi connectivity index (χ1) is 13.4. The fourth-order valence-corrected chi connectivity index (χ4v) is 4.92. The molecule has 1 heterocycles. The molecule has 2 rings (SSSR count). The molecule has 0 aliphatic carbocycles. The summed E-state index contributed by atoms with van der Waals surface area (Å²) in [5, 5.41) is 3.39. The van der Waals surface area contributed by atoms with E-state index in [1.54, 1.807) is 30.1 Å². The number of nitrogens with zero attached hydrogens (tertiary/aromatic N) is 2. The molecule has 0 aliphatic heterocycles. The van der Waals surface area contributed by atoms with Gasteiger partial charge < -0.3 is 5.32 Å². The van der Waals surface area contributed by atoms with Crippen molar-refractivity contribution in [1.82, 2.24) is 10.3 Å². The molecule has 0 saturated carbocycles. The average molecular weight is 501 g/mol. The van der Waals surface area contributed by atoms with Crippen LogP contribution in [-0.2, 0) is 15.6 Å². The number of benzene rings is 1. The van der Waals surface area contributed by atoms with Gasteiger partial charge in [-0.15, -0.1) is 6.42 Å². The molecule has 0 saturated heterocycles. The number of terminal acetylenes is 1. The number of pyridine rings is 1. The van der Waals surface area contributed by atoms with E-state index < -0.39 is 9.84 Å². The maximum absolute atomic E-state index is 12.6.